The summed E-state index contributed by atoms with van der Waals surface area (Å²) >= 11 is 0. The maximum atomic E-state index is 14.1. The Morgan fingerprint density at radius 2 is 1.91 bits per heavy atom. The first-order valence-corrected chi connectivity index (χ1v) is 10.9. The summed E-state index contributed by atoms with van der Waals surface area (Å²) in [7, 11) is 1.51. The van der Waals surface area contributed by atoms with E-state index in [0.717, 1.165) is 53.7 Å². The van der Waals surface area contributed by atoms with Gasteiger partial charge < -0.3 is 15.0 Å². The number of aromatic amines is 2. The molecule has 33 heavy (non-hydrogen) atoms. The molecule has 1 aliphatic rings. The number of nitrogens with one attached hydrogen (secondary N) is 3. The summed E-state index contributed by atoms with van der Waals surface area (Å²) < 4.78 is 19.4. The van der Waals surface area contributed by atoms with E-state index in [1.807, 2.05) is 12.3 Å². The molecule has 3 N–H and O–H groups in total. The number of pyridine rings is 2. The van der Waals surface area contributed by atoms with Gasteiger partial charge >= 0.3 is 0 Å². The fourth-order valence-corrected chi connectivity index (χ4v) is 4.53. The average molecular weight is 443 g/mol. The third kappa shape index (κ3) is 3.50. The van der Waals surface area contributed by atoms with Gasteiger partial charge in [0.25, 0.3) is 0 Å². The third-order valence-corrected chi connectivity index (χ3v) is 6.23. The van der Waals surface area contributed by atoms with Gasteiger partial charge in [0.1, 0.15) is 22.8 Å². The first-order chi connectivity index (χ1) is 16.2. The summed E-state index contributed by atoms with van der Waals surface area (Å²) in [5.74, 6) is 1.09. The predicted octanol–water partition coefficient (Wildman–Crippen LogP) is 4.18. The minimum absolute atomic E-state index is 0.393. The number of ether oxygens (including phenoxy) is 1. The quantitative estimate of drug-likeness (QED) is 0.385. The fourth-order valence-electron chi connectivity index (χ4n) is 4.53. The summed E-state index contributed by atoms with van der Waals surface area (Å²) in [4.78, 5) is 17.3. The van der Waals surface area contributed by atoms with Gasteiger partial charge in [-0.1, -0.05) is 0 Å². The molecule has 0 saturated carbocycles. The van der Waals surface area contributed by atoms with Gasteiger partial charge in [-0.25, -0.2) is 9.37 Å². The van der Waals surface area contributed by atoms with Crippen LogP contribution in [0.25, 0.3) is 44.7 Å². The van der Waals surface area contributed by atoms with Gasteiger partial charge in [0.05, 0.1) is 30.0 Å². The zero-order valence-electron chi connectivity index (χ0n) is 18.0. The number of methoxy groups -OCH3 is 1. The normalized spacial score (nSPS) is 14.8. The Balaban J connectivity index is 1.46. The Bertz CT molecular complexity index is 1470. The van der Waals surface area contributed by atoms with Gasteiger partial charge in [-0.05, 0) is 50.2 Å². The number of aromatic nitrogens is 6. The van der Waals surface area contributed by atoms with E-state index in [1.54, 1.807) is 12.3 Å². The molecule has 0 atom stereocenters. The maximum Gasteiger partial charge on any atom is 0.159 e. The second kappa shape index (κ2) is 7.93. The van der Waals surface area contributed by atoms with Crippen LogP contribution in [0.3, 0.4) is 0 Å². The lowest BCUT2D eigenvalue weighted by molar-refractivity contribution is 0.411. The molecular formula is C24H22FN7O. The van der Waals surface area contributed by atoms with E-state index in [2.05, 4.69) is 36.5 Å². The molecule has 9 heteroatoms. The van der Waals surface area contributed by atoms with Crippen LogP contribution in [-0.2, 0) is 0 Å². The molecule has 166 valence electrons. The standard InChI is InChI=1S/C24H22FN7O/c1-33-16-9-14(8-15(25)10-16)21-23-18(4-7-27-21)29-24(30-23)22-17-11-19(13-2-5-26-6-3-13)28-12-20(17)31-32-22/h4,7-13,26H,2-3,5-6H2,1H3,(H,29,30)(H,31,32). The number of imidazole rings is 1. The van der Waals surface area contributed by atoms with Crippen LogP contribution in [0.2, 0.25) is 0 Å². The van der Waals surface area contributed by atoms with Crippen LogP contribution < -0.4 is 10.1 Å². The van der Waals surface area contributed by atoms with E-state index in [-0.39, 0.29) is 0 Å². The molecule has 0 radical (unpaired) electrons. The monoisotopic (exact) mass is 443 g/mol. The van der Waals surface area contributed by atoms with Crippen molar-refractivity contribution in [2.24, 2.45) is 0 Å². The summed E-state index contributed by atoms with van der Waals surface area (Å²) in [5.41, 5.74) is 5.27. The van der Waals surface area contributed by atoms with Crippen molar-refractivity contribution in [3.8, 4) is 28.5 Å². The number of nitrogens with zero attached hydrogens (tertiary/aromatic N) is 4. The van der Waals surface area contributed by atoms with Crippen molar-refractivity contribution in [3.05, 3.63) is 54.2 Å². The maximum absolute atomic E-state index is 14.1. The summed E-state index contributed by atoms with van der Waals surface area (Å²) in [6, 6.07) is 8.49. The largest absolute Gasteiger partial charge is 0.497 e. The Hall–Kier alpha value is -3.85. The Labute approximate surface area is 188 Å². The lowest BCUT2D eigenvalue weighted by Gasteiger charge is -2.21. The number of halogens is 1. The molecule has 0 unspecified atom stereocenters. The van der Waals surface area contributed by atoms with Crippen molar-refractivity contribution in [1.29, 1.82) is 0 Å². The Morgan fingerprint density at radius 1 is 1.03 bits per heavy atom. The molecule has 0 aliphatic carbocycles. The lowest BCUT2D eigenvalue weighted by atomic mass is 9.93. The second-order valence-corrected chi connectivity index (χ2v) is 8.27. The highest BCUT2D eigenvalue weighted by Gasteiger charge is 2.20. The van der Waals surface area contributed by atoms with E-state index < -0.39 is 5.82 Å². The minimum atomic E-state index is -0.393. The van der Waals surface area contributed by atoms with Crippen molar-refractivity contribution in [2.75, 3.05) is 20.2 Å². The van der Waals surface area contributed by atoms with Crippen molar-refractivity contribution in [1.82, 2.24) is 35.5 Å². The van der Waals surface area contributed by atoms with E-state index in [9.17, 15) is 4.39 Å². The van der Waals surface area contributed by atoms with E-state index in [1.165, 1.54) is 19.2 Å². The van der Waals surface area contributed by atoms with Gasteiger partial charge in [-0.3, -0.25) is 15.1 Å². The van der Waals surface area contributed by atoms with Crippen LogP contribution in [0.15, 0.2) is 42.7 Å². The number of benzene rings is 1. The molecule has 0 bridgehead atoms. The van der Waals surface area contributed by atoms with Gasteiger partial charge in [0, 0.05) is 34.8 Å². The molecule has 6 rings (SSSR count). The third-order valence-electron chi connectivity index (χ3n) is 6.23. The van der Waals surface area contributed by atoms with Gasteiger partial charge in [0.15, 0.2) is 5.82 Å². The number of rotatable bonds is 4. The molecule has 1 aliphatic heterocycles. The number of piperidine rings is 1. The molecule has 1 aromatic carbocycles. The lowest BCUT2D eigenvalue weighted by Crippen LogP contribution is -2.27. The number of hydrogen-bond acceptors (Lipinski definition) is 6. The highest BCUT2D eigenvalue weighted by atomic mass is 19.1. The van der Waals surface area contributed by atoms with E-state index >= 15 is 0 Å². The molecular weight excluding hydrogens is 421 g/mol. The topological polar surface area (TPSA) is 104 Å². The van der Waals surface area contributed by atoms with E-state index in [4.69, 9.17) is 9.72 Å². The highest BCUT2D eigenvalue weighted by Crippen LogP contribution is 2.33. The van der Waals surface area contributed by atoms with Crippen LogP contribution in [0.5, 0.6) is 5.75 Å². The zero-order chi connectivity index (χ0) is 22.4. The molecule has 0 spiro atoms. The van der Waals surface area contributed by atoms with Crippen molar-refractivity contribution in [3.63, 3.8) is 0 Å². The first kappa shape index (κ1) is 19.8. The second-order valence-electron chi connectivity index (χ2n) is 8.27. The van der Waals surface area contributed by atoms with Crippen molar-refractivity contribution < 1.29 is 9.13 Å². The highest BCUT2D eigenvalue weighted by molar-refractivity contribution is 5.96. The van der Waals surface area contributed by atoms with Crippen LogP contribution in [0.1, 0.15) is 24.5 Å². The van der Waals surface area contributed by atoms with Crippen LogP contribution in [0.4, 0.5) is 4.39 Å². The molecule has 5 heterocycles. The first-order valence-electron chi connectivity index (χ1n) is 10.9. The Kier molecular flexibility index (Phi) is 4.76. The summed E-state index contributed by atoms with van der Waals surface area (Å²) in [6.45, 7) is 2.01. The molecule has 1 saturated heterocycles. The van der Waals surface area contributed by atoms with Gasteiger partial charge in [-0.15, -0.1) is 0 Å². The van der Waals surface area contributed by atoms with Gasteiger partial charge in [-0.2, -0.15) is 5.10 Å². The molecule has 4 aromatic heterocycles. The van der Waals surface area contributed by atoms with Crippen LogP contribution >= 0.6 is 0 Å². The Morgan fingerprint density at radius 3 is 2.76 bits per heavy atom. The average Bonchev–Trinajstić information content (AvgIpc) is 3.47. The van der Waals surface area contributed by atoms with Crippen LogP contribution in [-0.4, -0.2) is 50.3 Å². The molecule has 0 amide bonds. The zero-order valence-corrected chi connectivity index (χ0v) is 18.0. The smallest absolute Gasteiger partial charge is 0.159 e. The number of fused-ring (bicyclic) bond motifs is 2. The van der Waals surface area contributed by atoms with Gasteiger partial charge in [0.2, 0.25) is 0 Å². The van der Waals surface area contributed by atoms with E-state index in [0.29, 0.717) is 34.3 Å². The summed E-state index contributed by atoms with van der Waals surface area (Å²) in [6.07, 6.45) is 5.67. The van der Waals surface area contributed by atoms with Crippen molar-refractivity contribution in [2.45, 2.75) is 18.8 Å². The van der Waals surface area contributed by atoms with Crippen molar-refractivity contribution >= 4 is 21.9 Å². The summed E-state index contributed by atoms with van der Waals surface area (Å²) in [5, 5.41) is 12.0. The number of hydrogen-bond donors (Lipinski definition) is 3. The fraction of sp³-hybridized carbons (Fsp3) is 0.250. The molecule has 5 aromatic rings. The predicted molar refractivity (Wildman–Crippen MR) is 124 cm³/mol. The number of H-pyrrole nitrogens is 2. The van der Waals surface area contributed by atoms with Crippen LogP contribution in [0, 0.1) is 5.82 Å². The molecule has 8 nitrogen and oxygen atoms in total. The minimum Gasteiger partial charge on any atom is -0.497 e. The SMILES string of the molecule is COc1cc(F)cc(-c2nccc3[nH]c(-c4n[nH]c5cnc(C6CCNCC6)cc45)nc23)c1. The molecule has 1 fully saturated rings.